The summed E-state index contributed by atoms with van der Waals surface area (Å²) >= 11 is 0. The van der Waals surface area contributed by atoms with Crippen molar-refractivity contribution in [3.05, 3.63) is 83.9 Å². The highest BCUT2D eigenvalue weighted by molar-refractivity contribution is 7.92. The molecule has 33 heavy (non-hydrogen) atoms. The number of anilines is 1. The minimum Gasteiger partial charge on any atom is -0.497 e. The molecule has 0 atom stereocenters. The van der Waals surface area contributed by atoms with Gasteiger partial charge in [0.25, 0.3) is 10.0 Å². The lowest BCUT2D eigenvalue weighted by Gasteiger charge is -2.26. The number of aryl methyl sites for hydroxylation is 2. The van der Waals surface area contributed by atoms with Gasteiger partial charge >= 0.3 is 0 Å². The molecule has 1 N–H and O–H groups in total. The quantitative estimate of drug-likeness (QED) is 0.459. The lowest BCUT2D eigenvalue weighted by Crippen LogP contribution is -2.42. The molecule has 0 saturated heterocycles. The van der Waals surface area contributed by atoms with Crippen LogP contribution < -0.4 is 19.1 Å². The van der Waals surface area contributed by atoms with E-state index < -0.39 is 15.9 Å². The van der Waals surface area contributed by atoms with Crippen molar-refractivity contribution in [1.29, 1.82) is 0 Å². The van der Waals surface area contributed by atoms with E-state index in [0.717, 1.165) is 15.4 Å². The lowest BCUT2D eigenvalue weighted by atomic mass is 10.1. The second-order valence-corrected chi connectivity index (χ2v) is 9.35. The van der Waals surface area contributed by atoms with Crippen molar-refractivity contribution in [3.8, 4) is 11.5 Å². The highest BCUT2D eigenvalue weighted by atomic mass is 32.2. The van der Waals surface area contributed by atoms with Crippen molar-refractivity contribution in [2.75, 3.05) is 31.1 Å². The van der Waals surface area contributed by atoms with Crippen LogP contribution in [0.25, 0.3) is 0 Å². The molecule has 1 amide bonds. The zero-order valence-electron chi connectivity index (χ0n) is 18.9. The number of hydrogen-bond donors (Lipinski definition) is 1. The van der Waals surface area contributed by atoms with E-state index in [4.69, 9.17) is 9.47 Å². The Morgan fingerprint density at radius 3 is 2.39 bits per heavy atom. The van der Waals surface area contributed by atoms with E-state index in [-0.39, 0.29) is 24.6 Å². The zero-order chi connectivity index (χ0) is 23.8. The maximum absolute atomic E-state index is 13.4. The van der Waals surface area contributed by atoms with Gasteiger partial charge in [0, 0.05) is 6.07 Å². The largest absolute Gasteiger partial charge is 0.497 e. The Balaban J connectivity index is 1.72. The van der Waals surface area contributed by atoms with Gasteiger partial charge in [0.2, 0.25) is 5.91 Å². The van der Waals surface area contributed by atoms with Crippen molar-refractivity contribution >= 4 is 21.6 Å². The summed E-state index contributed by atoms with van der Waals surface area (Å²) in [6, 6.07) is 20.8. The van der Waals surface area contributed by atoms with Gasteiger partial charge in [-0.2, -0.15) is 0 Å². The van der Waals surface area contributed by atoms with Crippen LogP contribution in [-0.4, -0.2) is 41.1 Å². The van der Waals surface area contributed by atoms with Crippen LogP contribution in [0.5, 0.6) is 11.5 Å². The fraction of sp³-hybridized carbons (Fsp3) is 0.240. The van der Waals surface area contributed by atoms with Crippen LogP contribution in [0.2, 0.25) is 0 Å². The summed E-state index contributed by atoms with van der Waals surface area (Å²) in [6.07, 6.45) is 0. The second-order valence-electron chi connectivity index (χ2n) is 7.49. The molecule has 0 spiro atoms. The summed E-state index contributed by atoms with van der Waals surface area (Å²) in [4.78, 5) is 12.8. The molecule has 0 aliphatic carbocycles. The molecule has 0 fully saturated rings. The third-order valence-corrected chi connectivity index (χ3v) is 6.76. The molecule has 3 aromatic carbocycles. The molecule has 0 aromatic heterocycles. The summed E-state index contributed by atoms with van der Waals surface area (Å²) in [5.41, 5.74) is 2.13. The van der Waals surface area contributed by atoms with Crippen LogP contribution in [-0.2, 0) is 14.8 Å². The number of carbonyl (C=O) groups excluding carboxylic acids is 1. The number of amides is 1. The van der Waals surface area contributed by atoms with Gasteiger partial charge in [0.05, 0.1) is 24.2 Å². The van der Waals surface area contributed by atoms with Gasteiger partial charge in [-0.05, 0) is 55.3 Å². The van der Waals surface area contributed by atoms with E-state index in [0.29, 0.717) is 17.2 Å². The molecule has 7 nitrogen and oxygen atoms in total. The first-order valence-electron chi connectivity index (χ1n) is 10.5. The van der Waals surface area contributed by atoms with E-state index in [9.17, 15) is 13.2 Å². The Hall–Kier alpha value is -3.52. The van der Waals surface area contributed by atoms with Crippen LogP contribution >= 0.6 is 0 Å². The SMILES string of the molecule is COc1cccc(OCCNC(=O)CN(c2cc(C)ccc2C)S(=O)(=O)c2ccccc2)c1. The van der Waals surface area contributed by atoms with E-state index in [2.05, 4.69) is 5.32 Å². The number of nitrogens with one attached hydrogen (secondary N) is 1. The Bertz CT molecular complexity index is 1200. The van der Waals surface area contributed by atoms with Crippen LogP contribution in [0.15, 0.2) is 77.7 Å². The Kier molecular flexibility index (Phi) is 7.95. The van der Waals surface area contributed by atoms with Crippen LogP contribution in [0.1, 0.15) is 11.1 Å². The maximum Gasteiger partial charge on any atom is 0.264 e. The van der Waals surface area contributed by atoms with E-state index in [1.165, 1.54) is 12.1 Å². The number of benzene rings is 3. The van der Waals surface area contributed by atoms with Crippen molar-refractivity contribution in [2.24, 2.45) is 0 Å². The molecule has 0 saturated carbocycles. The predicted molar refractivity (Wildman–Crippen MR) is 128 cm³/mol. The first kappa shape index (κ1) is 24.1. The number of methoxy groups -OCH3 is 1. The molecule has 174 valence electrons. The average molecular weight is 469 g/mol. The summed E-state index contributed by atoms with van der Waals surface area (Å²) in [6.45, 7) is 3.81. The van der Waals surface area contributed by atoms with Crippen molar-refractivity contribution in [2.45, 2.75) is 18.7 Å². The molecule has 0 aliphatic rings. The van der Waals surface area contributed by atoms with Gasteiger partial charge in [0.1, 0.15) is 24.7 Å². The van der Waals surface area contributed by atoms with E-state index >= 15 is 0 Å². The average Bonchev–Trinajstić information content (AvgIpc) is 2.82. The van der Waals surface area contributed by atoms with Gasteiger partial charge in [-0.25, -0.2) is 8.42 Å². The third kappa shape index (κ3) is 6.26. The molecule has 0 heterocycles. The lowest BCUT2D eigenvalue weighted by molar-refractivity contribution is -0.119. The highest BCUT2D eigenvalue weighted by Gasteiger charge is 2.28. The molecular formula is C25H28N2O5S. The molecule has 3 rings (SSSR count). The van der Waals surface area contributed by atoms with Gasteiger partial charge in [-0.15, -0.1) is 0 Å². The van der Waals surface area contributed by atoms with Gasteiger partial charge < -0.3 is 14.8 Å². The minimum absolute atomic E-state index is 0.125. The Morgan fingerprint density at radius 1 is 0.939 bits per heavy atom. The predicted octanol–water partition coefficient (Wildman–Crippen LogP) is 3.70. The number of rotatable bonds is 10. The van der Waals surface area contributed by atoms with Crippen molar-refractivity contribution in [3.63, 3.8) is 0 Å². The van der Waals surface area contributed by atoms with E-state index in [1.54, 1.807) is 43.5 Å². The minimum atomic E-state index is -3.94. The third-order valence-electron chi connectivity index (χ3n) is 4.99. The number of ether oxygens (including phenoxy) is 2. The molecule has 3 aromatic rings. The Labute approximate surface area is 195 Å². The van der Waals surface area contributed by atoms with Crippen molar-refractivity contribution in [1.82, 2.24) is 5.32 Å². The molecule has 0 bridgehead atoms. The van der Waals surface area contributed by atoms with Crippen LogP contribution in [0.4, 0.5) is 5.69 Å². The van der Waals surface area contributed by atoms with Crippen LogP contribution in [0.3, 0.4) is 0 Å². The first-order valence-corrected chi connectivity index (χ1v) is 11.9. The highest BCUT2D eigenvalue weighted by Crippen LogP contribution is 2.27. The molecule has 8 heteroatoms. The summed E-state index contributed by atoms with van der Waals surface area (Å²) in [5.74, 6) is 0.865. The number of hydrogen-bond acceptors (Lipinski definition) is 5. The fourth-order valence-electron chi connectivity index (χ4n) is 3.24. The molecular weight excluding hydrogens is 440 g/mol. The summed E-state index contributed by atoms with van der Waals surface area (Å²) in [5, 5.41) is 2.74. The molecule has 0 aliphatic heterocycles. The van der Waals surface area contributed by atoms with Gasteiger partial charge in [-0.3, -0.25) is 9.10 Å². The molecule has 0 radical (unpaired) electrons. The van der Waals surface area contributed by atoms with Crippen LogP contribution in [0, 0.1) is 13.8 Å². The van der Waals surface area contributed by atoms with Gasteiger partial charge in [-0.1, -0.05) is 36.4 Å². The summed E-state index contributed by atoms with van der Waals surface area (Å²) < 4.78 is 38.8. The normalized spacial score (nSPS) is 11.0. The number of carbonyl (C=O) groups is 1. The number of nitrogens with zero attached hydrogens (tertiary/aromatic N) is 1. The Morgan fingerprint density at radius 2 is 1.67 bits per heavy atom. The van der Waals surface area contributed by atoms with E-state index in [1.807, 2.05) is 38.1 Å². The zero-order valence-corrected chi connectivity index (χ0v) is 19.8. The monoisotopic (exact) mass is 468 g/mol. The summed E-state index contributed by atoms with van der Waals surface area (Å²) in [7, 11) is -2.37. The van der Waals surface area contributed by atoms with Gasteiger partial charge in [0.15, 0.2) is 0 Å². The smallest absolute Gasteiger partial charge is 0.264 e. The second kappa shape index (κ2) is 10.9. The fourth-order valence-corrected chi connectivity index (χ4v) is 4.74. The van der Waals surface area contributed by atoms with Crippen molar-refractivity contribution < 1.29 is 22.7 Å². The topological polar surface area (TPSA) is 84.9 Å². The number of sulfonamides is 1. The standard InChI is InChI=1S/C25H28N2O5S/c1-19-12-13-20(2)24(16-19)27(33(29,30)23-10-5-4-6-11-23)18-25(28)26-14-15-32-22-9-7-8-21(17-22)31-3/h4-13,16-17H,14-15,18H2,1-3H3,(H,26,28). The first-order chi connectivity index (χ1) is 15.8. The maximum atomic E-state index is 13.4. The molecule has 0 unspecified atom stereocenters.